The van der Waals surface area contributed by atoms with Crippen LogP contribution in [0.5, 0.6) is 5.75 Å². The van der Waals surface area contributed by atoms with Gasteiger partial charge in [-0.15, -0.1) is 0 Å². The molecule has 2 rings (SSSR count). The maximum atomic E-state index is 10.9. The minimum atomic E-state index is -2.37. The Kier molecular flexibility index (Phi) is 2.83. The van der Waals surface area contributed by atoms with E-state index in [9.17, 15) is 13.6 Å². The molecule has 0 aromatic heterocycles. The minimum absolute atomic E-state index is 0.0477. The summed E-state index contributed by atoms with van der Waals surface area (Å²) in [6, 6.07) is 4.38. The number of carbonyl (C=O) groups excluding carboxylic acids is 1. The van der Waals surface area contributed by atoms with Crippen molar-refractivity contribution >= 4 is 17.4 Å². The van der Waals surface area contributed by atoms with Gasteiger partial charge in [0.25, 0.3) is 0 Å². The predicted molar refractivity (Wildman–Crippen MR) is 52.7 cm³/mol. The fourth-order valence-corrected chi connectivity index (χ4v) is 1.70. The first kappa shape index (κ1) is 10.3. The molecule has 1 unspecified atom stereocenters. The van der Waals surface area contributed by atoms with Gasteiger partial charge in [0.15, 0.2) is 0 Å². The lowest BCUT2D eigenvalue weighted by Crippen LogP contribution is -2.01. The zero-order valence-electron chi connectivity index (χ0n) is 7.84. The van der Waals surface area contributed by atoms with E-state index in [1.54, 1.807) is 6.07 Å². The minimum Gasteiger partial charge on any atom is -0.768 e. The molecule has 0 spiro atoms. The normalized spacial score (nSPS) is 17.1. The van der Waals surface area contributed by atoms with Crippen molar-refractivity contribution < 1.29 is 18.3 Å². The molecule has 0 radical (unpaired) electrons. The molecule has 1 aromatic rings. The quantitative estimate of drug-likeness (QED) is 0.572. The summed E-state index contributed by atoms with van der Waals surface area (Å²) >= 11 is -2.37. The van der Waals surface area contributed by atoms with E-state index < -0.39 is 11.1 Å². The molecule has 5 heteroatoms. The van der Waals surface area contributed by atoms with E-state index in [4.69, 9.17) is 4.74 Å². The van der Waals surface area contributed by atoms with E-state index in [2.05, 4.69) is 0 Å². The molecule has 1 saturated carbocycles. The van der Waals surface area contributed by atoms with Gasteiger partial charge in [-0.3, -0.25) is 9.00 Å². The second-order valence-corrected chi connectivity index (χ2v) is 4.29. The van der Waals surface area contributed by atoms with Gasteiger partial charge in [-0.25, -0.2) is 0 Å². The number of ether oxygens (including phenoxy) is 1. The second-order valence-electron chi connectivity index (χ2n) is 3.38. The Morgan fingerprint density at radius 2 is 2.20 bits per heavy atom. The molecule has 1 fully saturated rings. The van der Waals surface area contributed by atoms with Crippen LogP contribution in [-0.4, -0.2) is 21.2 Å². The summed E-state index contributed by atoms with van der Waals surface area (Å²) in [5.41, 5.74) is 0.331. The molecule has 0 saturated heterocycles. The molecular formula is C10H9O4S-. The Morgan fingerprint density at radius 1 is 1.47 bits per heavy atom. The van der Waals surface area contributed by atoms with E-state index >= 15 is 0 Å². The molecule has 0 aliphatic heterocycles. The van der Waals surface area contributed by atoms with Gasteiger partial charge >= 0.3 is 0 Å². The molecule has 1 aromatic carbocycles. The summed E-state index contributed by atoms with van der Waals surface area (Å²) in [6.07, 6.45) is 2.66. The molecule has 0 N–H and O–H groups in total. The first-order valence-electron chi connectivity index (χ1n) is 4.56. The zero-order valence-corrected chi connectivity index (χ0v) is 8.66. The van der Waals surface area contributed by atoms with Crippen LogP contribution in [0.2, 0.25) is 0 Å². The van der Waals surface area contributed by atoms with Gasteiger partial charge in [-0.2, -0.15) is 0 Å². The standard InChI is InChI=1S/C10H10O4S/c11-6-7-1-4-9(14-8-2-3-8)10(5-7)15(12)13/h1,4-6,8H,2-3H2,(H,12,13)/p-1. The van der Waals surface area contributed by atoms with Crippen LogP contribution in [0.4, 0.5) is 0 Å². The van der Waals surface area contributed by atoms with E-state index in [0.717, 1.165) is 12.8 Å². The maximum absolute atomic E-state index is 10.9. The number of benzene rings is 1. The van der Waals surface area contributed by atoms with Gasteiger partial charge in [-0.1, -0.05) is 0 Å². The molecule has 0 heterocycles. The Morgan fingerprint density at radius 3 is 2.73 bits per heavy atom. The van der Waals surface area contributed by atoms with Gasteiger partial charge < -0.3 is 9.29 Å². The van der Waals surface area contributed by atoms with Crippen molar-refractivity contribution in [2.24, 2.45) is 0 Å². The van der Waals surface area contributed by atoms with E-state index in [0.29, 0.717) is 17.6 Å². The topological polar surface area (TPSA) is 66.4 Å². The van der Waals surface area contributed by atoms with Crippen LogP contribution in [-0.2, 0) is 11.1 Å². The average molecular weight is 225 g/mol. The fourth-order valence-electron chi connectivity index (χ4n) is 1.19. The number of hydrogen-bond donors (Lipinski definition) is 0. The zero-order chi connectivity index (χ0) is 10.8. The molecule has 1 atom stereocenters. The average Bonchev–Trinajstić information content (AvgIpc) is 3.02. The van der Waals surface area contributed by atoms with Gasteiger partial charge in [-0.05, 0) is 42.1 Å². The SMILES string of the molecule is O=Cc1ccc(OC2CC2)c(S(=O)[O-])c1. The van der Waals surface area contributed by atoms with E-state index in [-0.39, 0.29) is 11.0 Å². The highest BCUT2D eigenvalue weighted by Crippen LogP contribution is 2.30. The Bertz CT molecular complexity index is 412. The summed E-state index contributed by atoms with van der Waals surface area (Å²) in [5.74, 6) is 0.330. The van der Waals surface area contributed by atoms with E-state index in [1.807, 2.05) is 0 Å². The first-order chi connectivity index (χ1) is 7.20. The summed E-state index contributed by atoms with van der Waals surface area (Å²) < 4.78 is 27.2. The molecule has 0 amide bonds. The number of hydrogen-bond acceptors (Lipinski definition) is 4. The Balaban J connectivity index is 2.33. The largest absolute Gasteiger partial charge is 0.768 e. The third-order valence-corrected chi connectivity index (χ3v) is 2.78. The summed E-state index contributed by atoms with van der Waals surface area (Å²) in [5, 5.41) is 0. The summed E-state index contributed by atoms with van der Waals surface area (Å²) in [7, 11) is 0. The molecule has 1 aliphatic rings. The van der Waals surface area contributed by atoms with Crippen molar-refractivity contribution in [2.75, 3.05) is 0 Å². The van der Waals surface area contributed by atoms with Crippen molar-refractivity contribution in [1.29, 1.82) is 0 Å². The first-order valence-corrected chi connectivity index (χ1v) is 5.63. The molecule has 4 nitrogen and oxygen atoms in total. The van der Waals surface area contributed by atoms with Crippen LogP contribution in [0, 0.1) is 0 Å². The van der Waals surface area contributed by atoms with Gasteiger partial charge in [0, 0.05) is 5.56 Å². The van der Waals surface area contributed by atoms with E-state index in [1.165, 1.54) is 12.1 Å². The van der Waals surface area contributed by atoms with Crippen LogP contribution in [0.3, 0.4) is 0 Å². The van der Waals surface area contributed by atoms with Crippen LogP contribution in [0.25, 0.3) is 0 Å². The monoisotopic (exact) mass is 225 g/mol. The molecule has 80 valence electrons. The van der Waals surface area contributed by atoms with Crippen LogP contribution < -0.4 is 4.74 Å². The molecule has 15 heavy (non-hydrogen) atoms. The number of carbonyl (C=O) groups is 1. The highest BCUT2D eigenvalue weighted by Gasteiger charge is 2.24. The summed E-state index contributed by atoms with van der Waals surface area (Å²) in [4.78, 5) is 10.5. The Labute approximate surface area is 89.5 Å². The van der Waals surface area contributed by atoms with Crippen LogP contribution >= 0.6 is 0 Å². The van der Waals surface area contributed by atoms with Crippen molar-refractivity contribution in [3.63, 3.8) is 0 Å². The predicted octanol–water partition coefficient (Wildman–Crippen LogP) is 1.28. The van der Waals surface area contributed by atoms with Crippen molar-refractivity contribution in [2.45, 2.75) is 23.8 Å². The summed E-state index contributed by atoms with van der Waals surface area (Å²) in [6.45, 7) is 0. The third-order valence-electron chi connectivity index (χ3n) is 2.10. The van der Waals surface area contributed by atoms with Gasteiger partial charge in [0.1, 0.15) is 12.0 Å². The van der Waals surface area contributed by atoms with Crippen LogP contribution in [0.15, 0.2) is 23.1 Å². The van der Waals surface area contributed by atoms with Crippen molar-refractivity contribution in [3.05, 3.63) is 23.8 Å². The van der Waals surface area contributed by atoms with Crippen molar-refractivity contribution in [1.82, 2.24) is 0 Å². The number of rotatable bonds is 4. The van der Waals surface area contributed by atoms with Gasteiger partial charge in [0.05, 0.1) is 11.0 Å². The Hall–Kier alpha value is -1.20. The van der Waals surface area contributed by atoms with Crippen LogP contribution in [0.1, 0.15) is 23.2 Å². The molecular weight excluding hydrogens is 216 g/mol. The lowest BCUT2D eigenvalue weighted by Gasteiger charge is -2.13. The molecule has 1 aliphatic carbocycles. The number of aldehydes is 1. The van der Waals surface area contributed by atoms with Gasteiger partial charge in [0.2, 0.25) is 0 Å². The highest BCUT2D eigenvalue weighted by molar-refractivity contribution is 7.79. The van der Waals surface area contributed by atoms with Crippen molar-refractivity contribution in [3.8, 4) is 5.75 Å². The fraction of sp³-hybridized carbons (Fsp3) is 0.300. The second kappa shape index (κ2) is 4.12. The molecule has 0 bridgehead atoms. The smallest absolute Gasteiger partial charge is 0.150 e. The maximum Gasteiger partial charge on any atom is 0.150 e. The highest BCUT2D eigenvalue weighted by atomic mass is 32.2. The lowest BCUT2D eigenvalue weighted by molar-refractivity contribution is 0.112. The third kappa shape index (κ3) is 2.43. The lowest BCUT2D eigenvalue weighted by atomic mass is 10.2.